The van der Waals surface area contributed by atoms with Crippen molar-refractivity contribution < 1.29 is 13.2 Å². The van der Waals surface area contributed by atoms with Crippen LogP contribution < -0.4 is 11.1 Å². The molecule has 0 amide bonds. The maximum atomic E-state index is 12.7. The fourth-order valence-electron chi connectivity index (χ4n) is 1.96. The summed E-state index contributed by atoms with van der Waals surface area (Å²) in [5.41, 5.74) is 5.25. The van der Waals surface area contributed by atoms with E-state index in [0.717, 1.165) is 37.8 Å². The summed E-state index contributed by atoms with van der Waals surface area (Å²) in [4.78, 5) is 0. The van der Waals surface area contributed by atoms with Crippen molar-refractivity contribution in [3.05, 3.63) is 28.8 Å². The second-order valence-corrected chi connectivity index (χ2v) is 5.24. The molecule has 20 heavy (non-hydrogen) atoms. The molecule has 2 nitrogen and oxygen atoms in total. The number of benzene rings is 1. The molecule has 1 atom stereocenters. The van der Waals surface area contributed by atoms with E-state index in [2.05, 4.69) is 12.2 Å². The molecule has 0 aliphatic heterocycles. The quantitative estimate of drug-likeness (QED) is 0.718. The molecule has 1 aromatic carbocycles. The molecule has 0 aliphatic rings. The van der Waals surface area contributed by atoms with E-state index in [1.165, 1.54) is 6.07 Å². The molecule has 114 valence electrons. The van der Waals surface area contributed by atoms with Crippen LogP contribution in [0.3, 0.4) is 0 Å². The molecule has 0 aromatic heterocycles. The monoisotopic (exact) mass is 308 g/mol. The highest BCUT2D eigenvalue weighted by Gasteiger charge is 2.31. The number of anilines is 1. The summed E-state index contributed by atoms with van der Waals surface area (Å²) >= 11 is 5.74. The van der Waals surface area contributed by atoms with E-state index in [1.807, 2.05) is 0 Å². The van der Waals surface area contributed by atoms with Crippen LogP contribution in [0.25, 0.3) is 0 Å². The Morgan fingerprint density at radius 2 is 1.95 bits per heavy atom. The molecule has 0 saturated heterocycles. The predicted octanol–water partition coefficient (Wildman–Crippen LogP) is 4.68. The smallest absolute Gasteiger partial charge is 0.381 e. The third kappa shape index (κ3) is 5.59. The van der Waals surface area contributed by atoms with Gasteiger partial charge in [-0.05, 0) is 24.6 Å². The van der Waals surface area contributed by atoms with Crippen molar-refractivity contribution >= 4 is 17.3 Å². The number of alkyl halides is 3. The molecule has 0 heterocycles. The van der Waals surface area contributed by atoms with Crippen molar-refractivity contribution in [1.82, 2.24) is 0 Å². The van der Waals surface area contributed by atoms with Gasteiger partial charge >= 0.3 is 6.18 Å². The van der Waals surface area contributed by atoms with Gasteiger partial charge in [-0.3, -0.25) is 0 Å². The molecular formula is C14H20ClF3N2. The Morgan fingerprint density at radius 3 is 2.50 bits per heavy atom. The lowest BCUT2D eigenvalue weighted by Gasteiger charge is -2.19. The predicted molar refractivity (Wildman–Crippen MR) is 77.1 cm³/mol. The van der Waals surface area contributed by atoms with Crippen LogP contribution >= 0.6 is 11.6 Å². The third-order valence-corrected chi connectivity index (χ3v) is 3.25. The Morgan fingerprint density at radius 1 is 1.25 bits per heavy atom. The Kier molecular flexibility index (Phi) is 6.62. The van der Waals surface area contributed by atoms with Crippen LogP contribution in [0, 0.1) is 0 Å². The molecule has 0 aliphatic carbocycles. The van der Waals surface area contributed by atoms with Crippen LogP contribution in [-0.4, -0.2) is 12.6 Å². The van der Waals surface area contributed by atoms with Crippen LogP contribution in [0.1, 0.15) is 38.2 Å². The van der Waals surface area contributed by atoms with Gasteiger partial charge in [-0.15, -0.1) is 0 Å². The zero-order chi connectivity index (χ0) is 15.2. The van der Waals surface area contributed by atoms with E-state index in [-0.39, 0.29) is 11.1 Å². The molecule has 1 aromatic rings. The highest BCUT2D eigenvalue weighted by Crippen LogP contribution is 2.33. The molecule has 3 N–H and O–H groups in total. The largest absolute Gasteiger partial charge is 0.416 e. The third-order valence-electron chi connectivity index (χ3n) is 3.04. The minimum atomic E-state index is -4.40. The van der Waals surface area contributed by atoms with Crippen LogP contribution in [-0.2, 0) is 6.18 Å². The van der Waals surface area contributed by atoms with Gasteiger partial charge in [0.25, 0.3) is 0 Å². The maximum absolute atomic E-state index is 12.7. The molecule has 6 heteroatoms. The SMILES string of the molecule is CCCCCC(CN)Nc1cc(Cl)cc(C(F)(F)F)c1. The summed E-state index contributed by atoms with van der Waals surface area (Å²) in [7, 11) is 0. The van der Waals surface area contributed by atoms with E-state index in [1.54, 1.807) is 0 Å². The first-order valence-corrected chi connectivity index (χ1v) is 7.09. The van der Waals surface area contributed by atoms with Crippen molar-refractivity contribution in [3.8, 4) is 0 Å². The van der Waals surface area contributed by atoms with Gasteiger partial charge in [-0.1, -0.05) is 37.8 Å². The van der Waals surface area contributed by atoms with Crippen LogP contribution in [0.5, 0.6) is 0 Å². The first kappa shape index (κ1) is 17.1. The van der Waals surface area contributed by atoms with Crippen molar-refractivity contribution in [1.29, 1.82) is 0 Å². The van der Waals surface area contributed by atoms with Gasteiger partial charge in [0.2, 0.25) is 0 Å². The van der Waals surface area contributed by atoms with Gasteiger partial charge < -0.3 is 11.1 Å². The number of hydrogen-bond acceptors (Lipinski definition) is 2. The van der Waals surface area contributed by atoms with E-state index in [4.69, 9.17) is 17.3 Å². The number of unbranched alkanes of at least 4 members (excludes halogenated alkanes) is 2. The summed E-state index contributed by atoms with van der Waals surface area (Å²) in [6.45, 7) is 2.47. The summed E-state index contributed by atoms with van der Waals surface area (Å²) in [5, 5.41) is 3.09. The van der Waals surface area contributed by atoms with Gasteiger partial charge in [0.15, 0.2) is 0 Å². The Bertz CT molecular complexity index is 421. The Hall–Kier alpha value is -0.940. The van der Waals surface area contributed by atoms with E-state index >= 15 is 0 Å². The lowest BCUT2D eigenvalue weighted by molar-refractivity contribution is -0.137. The van der Waals surface area contributed by atoms with Crippen molar-refractivity contribution in [2.75, 3.05) is 11.9 Å². The minimum Gasteiger partial charge on any atom is -0.381 e. The average molecular weight is 309 g/mol. The fourth-order valence-corrected chi connectivity index (χ4v) is 2.20. The van der Waals surface area contributed by atoms with Crippen LogP contribution in [0.4, 0.5) is 18.9 Å². The molecule has 0 spiro atoms. The van der Waals surface area contributed by atoms with Crippen LogP contribution in [0.2, 0.25) is 5.02 Å². The molecule has 0 fully saturated rings. The van der Waals surface area contributed by atoms with Crippen molar-refractivity contribution in [2.24, 2.45) is 5.73 Å². The zero-order valence-corrected chi connectivity index (χ0v) is 12.2. The lowest BCUT2D eigenvalue weighted by atomic mass is 10.1. The second-order valence-electron chi connectivity index (χ2n) is 4.80. The van der Waals surface area contributed by atoms with Gasteiger partial charge in [-0.2, -0.15) is 13.2 Å². The number of nitrogens with two attached hydrogens (primary N) is 1. The van der Waals surface area contributed by atoms with E-state index in [0.29, 0.717) is 12.2 Å². The summed E-state index contributed by atoms with van der Waals surface area (Å²) in [6, 6.07) is 3.43. The molecule has 1 unspecified atom stereocenters. The molecular weight excluding hydrogens is 289 g/mol. The van der Waals surface area contributed by atoms with Gasteiger partial charge in [0.1, 0.15) is 0 Å². The second kappa shape index (κ2) is 7.74. The highest BCUT2D eigenvalue weighted by molar-refractivity contribution is 6.30. The highest BCUT2D eigenvalue weighted by atomic mass is 35.5. The number of hydrogen-bond donors (Lipinski definition) is 2. The molecule has 0 radical (unpaired) electrons. The molecule has 0 saturated carbocycles. The minimum absolute atomic E-state index is 0.0406. The van der Waals surface area contributed by atoms with Crippen molar-refractivity contribution in [2.45, 2.75) is 44.8 Å². The topological polar surface area (TPSA) is 38.0 Å². The van der Waals surface area contributed by atoms with Gasteiger partial charge in [0.05, 0.1) is 5.56 Å². The maximum Gasteiger partial charge on any atom is 0.416 e. The first-order valence-electron chi connectivity index (χ1n) is 6.71. The Balaban J connectivity index is 2.77. The first-order chi connectivity index (χ1) is 9.36. The Labute approximate surface area is 122 Å². The summed E-state index contributed by atoms with van der Waals surface area (Å²) in [5.74, 6) is 0. The van der Waals surface area contributed by atoms with E-state index < -0.39 is 11.7 Å². The lowest BCUT2D eigenvalue weighted by Crippen LogP contribution is -2.28. The van der Waals surface area contributed by atoms with Gasteiger partial charge in [0, 0.05) is 23.3 Å². The summed E-state index contributed by atoms with van der Waals surface area (Å²) < 4.78 is 38.1. The summed E-state index contributed by atoms with van der Waals surface area (Å²) in [6.07, 6.45) is -0.397. The number of nitrogens with one attached hydrogen (secondary N) is 1. The normalized spacial score (nSPS) is 13.3. The fraction of sp³-hybridized carbons (Fsp3) is 0.571. The molecule has 1 rings (SSSR count). The van der Waals surface area contributed by atoms with Crippen LogP contribution in [0.15, 0.2) is 18.2 Å². The number of rotatable bonds is 7. The average Bonchev–Trinajstić information content (AvgIpc) is 2.36. The zero-order valence-electron chi connectivity index (χ0n) is 11.4. The molecule has 0 bridgehead atoms. The standard InChI is InChI=1S/C14H20ClF3N2/c1-2-3-4-5-12(9-19)20-13-7-10(14(16,17)18)6-11(15)8-13/h6-8,12,20H,2-5,9,19H2,1H3. The van der Waals surface area contributed by atoms with Crippen molar-refractivity contribution in [3.63, 3.8) is 0 Å². The number of halogens is 4. The van der Waals surface area contributed by atoms with E-state index in [9.17, 15) is 13.2 Å². The van der Waals surface area contributed by atoms with Gasteiger partial charge in [-0.25, -0.2) is 0 Å².